The fourth-order valence-corrected chi connectivity index (χ4v) is 2.23. The van der Waals surface area contributed by atoms with Crippen LogP contribution >= 0.6 is 0 Å². The van der Waals surface area contributed by atoms with Crippen LogP contribution in [-0.4, -0.2) is 37.5 Å². The van der Waals surface area contributed by atoms with E-state index in [-0.39, 0.29) is 0 Å². The molecule has 0 radical (unpaired) electrons. The maximum absolute atomic E-state index is 11.8. The van der Waals surface area contributed by atoms with Crippen LogP contribution in [0.5, 0.6) is 0 Å². The van der Waals surface area contributed by atoms with Crippen molar-refractivity contribution in [2.24, 2.45) is 5.92 Å². The standard InChI is InChI=1S/C12H24N2O/c1-3-4-7-12(15)14-8-5-6-11(10-14)9-13-2/h11,13H,3-10H2,1-2H3. The highest BCUT2D eigenvalue weighted by Gasteiger charge is 2.22. The van der Waals surface area contributed by atoms with Crippen LogP contribution in [0.4, 0.5) is 0 Å². The van der Waals surface area contributed by atoms with E-state index >= 15 is 0 Å². The molecule has 0 aliphatic carbocycles. The van der Waals surface area contributed by atoms with Crippen molar-refractivity contribution in [2.75, 3.05) is 26.7 Å². The minimum atomic E-state index is 0.359. The highest BCUT2D eigenvalue weighted by molar-refractivity contribution is 5.76. The maximum atomic E-state index is 11.8. The molecule has 15 heavy (non-hydrogen) atoms. The molecule has 3 nitrogen and oxygen atoms in total. The lowest BCUT2D eigenvalue weighted by Gasteiger charge is -2.32. The first-order valence-electron chi connectivity index (χ1n) is 6.20. The van der Waals surface area contributed by atoms with Gasteiger partial charge in [-0.1, -0.05) is 13.3 Å². The Bertz CT molecular complexity index is 192. The van der Waals surface area contributed by atoms with Crippen LogP contribution in [0.1, 0.15) is 39.0 Å². The van der Waals surface area contributed by atoms with Crippen molar-refractivity contribution in [3.8, 4) is 0 Å². The Kier molecular flexibility index (Phi) is 5.69. The zero-order valence-electron chi connectivity index (χ0n) is 10.1. The van der Waals surface area contributed by atoms with Crippen LogP contribution in [0.2, 0.25) is 0 Å². The first kappa shape index (κ1) is 12.5. The SMILES string of the molecule is CCCCC(=O)N1CCCC(CNC)C1. The minimum Gasteiger partial charge on any atom is -0.342 e. The molecule has 0 bridgehead atoms. The number of amides is 1. The van der Waals surface area contributed by atoms with Gasteiger partial charge in [-0.25, -0.2) is 0 Å². The van der Waals surface area contributed by atoms with Crippen molar-refractivity contribution in [3.05, 3.63) is 0 Å². The number of likely N-dealkylation sites (tertiary alicyclic amines) is 1. The number of nitrogens with one attached hydrogen (secondary N) is 1. The summed E-state index contributed by atoms with van der Waals surface area (Å²) in [5, 5.41) is 3.20. The lowest BCUT2D eigenvalue weighted by atomic mass is 9.97. The molecular formula is C12H24N2O. The Balaban J connectivity index is 2.31. The molecular weight excluding hydrogens is 188 g/mol. The summed E-state index contributed by atoms with van der Waals surface area (Å²) in [5.74, 6) is 1.02. The Morgan fingerprint density at radius 3 is 3.00 bits per heavy atom. The van der Waals surface area contributed by atoms with E-state index in [0.29, 0.717) is 11.8 Å². The summed E-state index contributed by atoms with van der Waals surface area (Å²) in [4.78, 5) is 13.9. The Morgan fingerprint density at radius 2 is 2.33 bits per heavy atom. The van der Waals surface area contributed by atoms with Gasteiger partial charge in [0, 0.05) is 19.5 Å². The summed E-state index contributed by atoms with van der Waals surface area (Å²) in [6.45, 7) is 5.11. The topological polar surface area (TPSA) is 32.3 Å². The predicted molar refractivity (Wildman–Crippen MR) is 62.8 cm³/mol. The van der Waals surface area contributed by atoms with Gasteiger partial charge >= 0.3 is 0 Å². The molecule has 1 N–H and O–H groups in total. The molecule has 1 aliphatic heterocycles. The molecule has 1 amide bonds. The molecule has 88 valence electrons. The van der Waals surface area contributed by atoms with Gasteiger partial charge in [-0.3, -0.25) is 4.79 Å². The van der Waals surface area contributed by atoms with E-state index in [1.807, 2.05) is 7.05 Å². The molecule has 0 spiro atoms. The number of piperidine rings is 1. The first-order valence-corrected chi connectivity index (χ1v) is 6.20. The van der Waals surface area contributed by atoms with Crippen LogP contribution in [0.15, 0.2) is 0 Å². The molecule has 0 aromatic rings. The third-order valence-electron chi connectivity index (χ3n) is 3.11. The molecule has 1 aliphatic rings. The van der Waals surface area contributed by atoms with Gasteiger partial charge in [0.05, 0.1) is 0 Å². The average molecular weight is 212 g/mol. The Labute approximate surface area is 93.2 Å². The molecule has 0 aromatic heterocycles. The summed E-state index contributed by atoms with van der Waals surface area (Å²) < 4.78 is 0. The summed E-state index contributed by atoms with van der Waals surface area (Å²) in [5.41, 5.74) is 0. The summed E-state index contributed by atoms with van der Waals surface area (Å²) >= 11 is 0. The van der Waals surface area contributed by atoms with E-state index in [1.54, 1.807) is 0 Å². The van der Waals surface area contributed by atoms with Gasteiger partial charge in [-0.15, -0.1) is 0 Å². The smallest absolute Gasteiger partial charge is 0.222 e. The Morgan fingerprint density at radius 1 is 1.53 bits per heavy atom. The number of hydrogen-bond acceptors (Lipinski definition) is 2. The van der Waals surface area contributed by atoms with Crippen LogP contribution in [0.3, 0.4) is 0 Å². The molecule has 0 aromatic carbocycles. The van der Waals surface area contributed by atoms with E-state index in [0.717, 1.165) is 38.9 Å². The first-order chi connectivity index (χ1) is 7.27. The summed E-state index contributed by atoms with van der Waals surface area (Å²) in [6.07, 6.45) is 5.32. The van der Waals surface area contributed by atoms with Gasteiger partial charge in [0.2, 0.25) is 5.91 Å². The second kappa shape index (κ2) is 6.83. The zero-order valence-corrected chi connectivity index (χ0v) is 10.1. The van der Waals surface area contributed by atoms with E-state index in [4.69, 9.17) is 0 Å². The van der Waals surface area contributed by atoms with E-state index in [1.165, 1.54) is 12.8 Å². The molecule has 1 unspecified atom stereocenters. The van der Waals surface area contributed by atoms with Crippen molar-refractivity contribution in [3.63, 3.8) is 0 Å². The summed E-state index contributed by atoms with van der Waals surface area (Å²) in [6, 6.07) is 0. The van der Waals surface area contributed by atoms with Crippen molar-refractivity contribution >= 4 is 5.91 Å². The molecule has 0 saturated carbocycles. The fourth-order valence-electron chi connectivity index (χ4n) is 2.23. The zero-order chi connectivity index (χ0) is 11.1. The van der Waals surface area contributed by atoms with Gasteiger partial charge < -0.3 is 10.2 Å². The second-order valence-corrected chi connectivity index (χ2v) is 4.51. The van der Waals surface area contributed by atoms with E-state index < -0.39 is 0 Å². The van der Waals surface area contributed by atoms with Crippen molar-refractivity contribution in [2.45, 2.75) is 39.0 Å². The van der Waals surface area contributed by atoms with Gasteiger partial charge in [0.15, 0.2) is 0 Å². The molecule has 1 atom stereocenters. The lowest BCUT2D eigenvalue weighted by molar-refractivity contribution is -0.133. The summed E-state index contributed by atoms with van der Waals surface area (Å²) in [7, 11) is 1.98. The van der Waals surface area contributed by atoms with Gasteiger partial charge in [0.1, 0.15) is 0 Å². The van der Waals surface area contributed by atoms with Crippen LogP contribution < -0.4 is 5.32 Å². The second-order valence-electron chi connectivity index (χ2n) is 4.51. The fraction of sp³-hybridized carbons (Fsp3) is 0.917. The quantitative estimate of drug-likeness (QED) is 0.751. The van der Waals surface area contributed by atoms with Crippen molar-refractivity contribution in [1.82, 2.24) is 10.2 Å². The number of carbonyl (C=O) groups excluding carboxylic acids is 1. The third kappa shape index (κ3) is 4.20. The van der Waals surface area contributed by atoms with Gasteiger partial charge in [0.25, 0.3) is 0 Å². The maximum Gasteiger partial charge on any atom is 0.222 e. The average Bonchev–Trinajstić information content (AvgIpc) is 2.27. The molecule has 1 rings (SSSR count). The largest absolute Gasteiger partial charge is 0.342 e. The van der Waals surface area contributed by atoms with Crippen molar-refractivity contribution < 1.29 is 4.79 Å². The van der Waals surface area contributed by atoms with Crippen molar-refractivity contribution in [1.29, 1.82) is 0 Å². The predicted octanol–water partition coefficient (Wildman–Crippen LogP) is 1.63. The number of carbonyl (C=O) groups is 1. The number of rotatable bonds is 5. The molecule has 1 fully saturated rings. The third-order valence-corrected chi connectivity index (χ3v) is 3.11. The number of nitrogens with zero attached hydrogens (tertiary/aromatic N) is 1. The number of unbranched alkanes of at least 4 members (excludes halogenated alkanes) is 1. The highest BCUT2D eigenvalue weighted by Crippen LogP contribution is 2.16. The lowest BCUT2D eigenvalue weighted by Crippen LogP contribution is -2.42. The molecule has 3 heteroatoms. The normalized spacial score (nSPS) is 21.7. The van der Waals surface area contributed by atoms with Gasteiger partial charge in [-0.2, -0.15) is 0 Å². The highest BCUT2D eigenvalue weighted by atomic mass is 16.2. The van der Waals surface area contributed by atoms with Crippen LogP contribution in [0, 0.1) is 5.92 Å². The number of hydrogen-bond donors (Lipinski definition) is 1. The van der Waals surface area contributed by atoms with E-state index in [2.05, 4.69) is 17.1 Å². The molecule has 1 saturated heterocycles. The van der Waals surface area contributed by atoms with Gasteiger partial charge in [-0.05, 0) is 38.8 Å². The monoisotopic (exact) mass is 212 g/mol. The molecule has 1 heterocycles. The van der Waals surface area contributed by atoms with Crippen LogP contribution in [-0.2, 0) is 4.79 Å². The minimum absolute atomic E-state index is 0.359. The van der Waals surface area contributed by atoms with E-state index in [9.17, 15) is 4.79 Å². The van der Waals surface area contributed by atoms with Crippen LogP contribution in [0.25, 0.3) is 0 Å². The Hall–Kier alpha value is -0.570.